The first kappa shape index (κ1) is 7.54. The number of anilines is 1. The smallest absolute Gasteiger partial charge is 0.239 e. The van der Waals surface area contributed by atoms with Crippen LogP contribution < -0.4 is 11.5 Å². The molecule has 1 aliphatic rings. The van der Waals surface area contributed by atoms with E-state index in [2.05, 4.69) is 15.2 Å². The topological polar surface area (TPSA) is 93.6 Å². The summed E-state index contributed by atoms with van der Waals surface area (Å²) in [4.78, 5) is 4.08. The molecule has 0 aromatic carbocycles. The fraction of sp³-hybridized carbons (Fsp3) is 0.714. The van der Waals surface area contributed by atoms with Crippen LogP contribution >= 0.6 is 0 Å². The average Bonchev–Trinajstić information content (AvgIpc) is 2.58. The Morgan fingerprint density at radius 2 is 2.25 bits per heavy atom. The Labute approximate surface area is 70.5 Å². The molecule has 0 saturated heterocycles. The van der Waals surface area contributed by atoms with Crippen molar-refractivity contribution in [2.75, 3.05) is 5.73 Å². The maximum Gasteiger partial charge on any atom is 0.239 e. The van der Waals surface area contributed by atoms with Gasteiger partial charge in [0, 0.05) is 12.0 Å². The van der Waals surface area contributed by atoms with E-state index in [1.54, 1.807) is 0 Å². The van der Waals surface area contributed by atoms with Crippen molar-refractivity contribution in [1.82, 2.24) is 15.2 Å². The van der Waals surface area contributed by atoms with Crippen LogP contribution in [-0.4, -0.2) is 21.2 Å². The van der Waals surface area contributed by atoms with Gasteiger partial charge in [0.15, 0.2) is 0 Å². The van der Waals surface area contributed by atoms with Crippen molar-refractivity contribution in [2.24, 2.45) is 5.73 Å². The summed E-state index contributed by atoms with van der Waals surface area (Å²) in [6.45, 7) is 0. The van der Waals surface area contributed by atoms with Crippen LogP contribution in [0.15, 0.2) is 0 Å². The fourth-order valence-electron chi connectivity index (χ4n) is 1.74. The molecular weight excluding hydrogens is 154 g/mol. The van der Waals surface area contributed by atoms with E-state index in [0.29, 0.717) is 17.9 Å². The zero-order valence-electron chi connectivity index (χ0n) is 6.83. The molecule has 0 amide bonds. The molecule has 0 aliphatic heterocycles. The van der Waals surface area contributed by atoms with Crippen LogP contribution in [0.3, 0.4) is 0 Å². The number of H-pyrrole nitrogens is 1. The quantitative estimate of drug-likeness (QED) is 0.548. The first-order valence-corrected chi connectivity index (χ1v) is 4.19. The summed E-state index contributed by atoms with van der Waals surface area (Å²) in [5, 5.41) is 6.61. The van der Waals surface area contributed by atoms with E-state index in [4.69, 9.17) is 11.5 Å². The summed E-state index contributed by atoms with van der Waals surface area (Å²) < 4.78 is 0. The van der Waals surface area contributed by atoms with E-state index in [-0.39, 0.29) is 0 Å². The van der Waals surface area contributed by atoms with Gasteiger partial charge >= 0.3 is 0 Å². The number of hydrogen-bond donors (Lipinski definition) is 3. The van der Waals surface area contributed by atoms with Crippen LogP contribution in [0.2, 0.25) is 0 Å². The molecule has 12 heavy (non-hydrogen) atoms. The Morgan fingerprint density at radius 3 is 2.75 bits per heavy atom. The number of nitrogens with one attached hydrogen (secondary N) is 1. The van der Waals surface area contributed by atoms with Crippen LogP contribution in [0.5, 0.6) is 0 Å². The van der Waals surface area contributed by atoms with Crippen LogP contribution in [0.1, 0.15) is 31.0 Å². The zero-order chi connectivity index (χ0) is 8.55. The van der Waals surface area contributed by atoms with Gasteiger partial charge in [-0.3, -0.25) is 5.10 Å². The Morgan fingerprint density at radius 1 is 1.42 bits per heavy atom. The van der Waals surface area contributed by atoms with E-state index in [1.165, 1.54) is 0 Å². The molecule has 5 nitrogen and oxygen atoms in total. The van der Waals surface area contributed by atoms with Crippen LogP contribution in [0.25, 0.3) is 0 Å². The molecule has 1 aromatic heterocycles. The van der Waals surface area contributed by atoms with Gasteiger partial charge in [0.2, 0.25) is 5.95 Å². The van der Waals surface area contributed by atoms with Gasteiger partial charge in [0.25, 0.3) is 0 Å². The molecule has 5 N–H and O–H groups in total. The summed E-state index contributed by atoms with van der Waals surface area (Å²) in [5.74, 6) is 1.65. The first-order valence-electron chi connectivity index (χ1n) is 4.19. The molecule has 1 aliphatic carbocycles. The molecule has 5 heteroatoms. The van der Waals surface area contributed by atoms with Gasteiger partial charge < -0.3 is 11.5 Å². The normalized spacial score (nSPS) is 29.4. The van der Waals surface area contributed by atoms with Gasteiger partial charge in [0.1, 0.15) is 5.82 Å². The molecule has 1 fully saturated rings. The van der Waals surface area contributed by atoms with E-state index in [1.807, 2.05) is 0 Å². The lowest BCUT2D eigenvalue weighted by Gasteiger charge is -2.03. The maximum absolute atomic E-state index is 5.78. The highest BCUT2D eigenvalue weighted by Crippen LogP contribution is 2.31. The van der Waals surface area contributed by atoms with Crippen molar-refractivity contribution in [3.8, 4) is 0 Å². The maximum atomic E-state index is 5.78. The Hall–Kier alpha value is -1.10. The number of aromatic amines is 1. The van der Waals surface area contributed by atoms with E-state index in [9.17, 15) is 0 Å². The van der Waals surface area contributed by atoms with Crippen molar-refractivity contribution in [2.45, 2.75) is 31.2 Å². The van der Waals surface area contributed by atoms with Crippen molar-refractivity contribution >= 4 is 5.95 Å². The molecule has 1 heterocycles. The highest BCUT2D eigenvalue weighted by Gasteiger charge is 2.25. The second kappa shape index (κ2) is 2.75. The summed E-state index contributed by atoms with van der Waals surface area (Å²) in [6, 6.07) is 0.321. The number of rotatable bonds is 1. The molecule has 0 spiro atoms. The third-order valence-electron chi connectivity index (χ3n) is 2.38. The van der Waals surface area contributed by atoms with Crippen molar-refractivity contribution in [3.05, 3.63) is 5.82 Å². The summed E-state index contributed by atoms with van der Waals surface area (Å²) >= 11 is 0. The van der Waals surface area contributed by atoms with Crippen LogP contribution in [-0.2, 0) is 0 Å². The number of nitrogens with two attached hydrogens (primary N) is 2. The second-order valence-electron chi connectivity index (χ2n) is 3.35. The predicted octanol–water partition coefficient (Wildman–Crippen LogP) is -0.0183. The molecule has 0 bridgehead atoms. The van der Waals surface area contributed by atoms with Gasteiger partial charge in [-0.05, 0) is 19.3 Å². The Bertz CT molecular complexity index is 269. The number of nitrogen functional groups attached to an aromatic ring is 1. The van der Waals surface area contributed by atoms with Crippen molar-refractivity contribution < 1.29 is 0 Å². The van der Waals surface area contributed by atoms with Gasteiger partial charge in [-0.25, -0.2) is 0 Å². The predicted molar refractivity (Wildman–Crippen MR) is 45.4 cm³/mol. The summed E-state index contributed by atoms with van der Waals surface area (Å²) in [7, 11) is 0. The van der Waals surface area contributed by atoms with Crippen molar-refractivity contribution in [3.63, 3.8) is 0 Å². The fourth-order valence-corrected chi connectivity index (χ4v) is 1.74. The first-order chi connectivity index (χ1) is 5.75. The minimum Gasteiger partial charge on any atom is -0.367 e. The molecule has 1 aromatic rings. The van der Waals surface area contributed by atoms with E-state index < -0.39 is 0 Å². The lowest BCUT2D eigenvalue weighted by molar-refractivity contribution is 0.645. The van der Waals surface area contributed by atoms with Gasteiger partial charge in [-0.2, -0.15) is 4.98 Å². The molecule has 2 atom stereocenters. The molecule has 0 radical (unpaired) electrons. The lowest BCUT2D eigenvalue weighted by atomic mass is 10.1. The highest BCUT2D eigenvalue weighted by molar-refractivity contribution is 5.15. The number of aromatic nitrogens is 3. The van der Waals surface area contributed by atoms with Crippen LogP contribution in [0.4, 0.5) is 5.95 Å². The van der Waals surface area contributed by atoms with E-state index in [0.717, 1.165) is 25.1 Å². The largest absolute Gasteiger partial charge is 0.367 e. The zero-order valence-corrected chi connectivity index (χ0v) is 6.83. The lowest BCUT2D eigenvalue weighted by Crippen LogP contribution is -2.14. The number of hydrogen-bond acceptors (Lipinski definition) is 4. The molecule has 66 valence electrons. The third kappa shape index (κ3) is 1.27. The monoisotopic (exact) mass is 167 g/mol. The van der Waals surface area contributed by atoms with Gasteiger partial charge in [0.05, 0.1) is 0 Å². The van der Waals surface area contributed by atoms with Gasteiger partial charge in [-0.1, -0.05) is 0 Å². The summed E-state index contributed by atoms with van der Waals surface area (Å²) in [5.41, 5.74) is 11.2. The number of nitrogens with zero attached hydrogens (tertiary/aromatic N) is 2. The third-order valence-corrected chi connectivity index (χ3v) is 2.38. The molecule has 0 unspecified atom stereocenters. The summed E-state index contributed by atoms with van der Waals surface area (Å²) in [6.07, 6.45) is 3.16. The Balaban J connectivity index is 2.11. The van der Waals surface area contributed by atoms with Crippen LogP contribution in [0, 0.1) is 0 Å². The molecule has 2 rings (SSSR count). The molecule has 1 saturated carbocycles. The Kier molecular flexibility index (Phi) is 1.73. The highest BCUT2D eigenvalue weighted by atomic mass is 15.3. The standard InChI is InChI=1S/C7H13N5/c8-5-2-1-4(3-5)6-10-7(9)12-11-6/h4-5H,1-3,8H2,(H3,9,10,11,12)/t4-,5+/m1/s1. The van der Waals surface area contributed by atoms with Gasteiger partial charge in [-0.15, -0.1) is 5.10 Å². The second-order valence-corrected chi connectivity index (χ2v) is 3.35. The minimum atomic E-state index is 0.321. The SMILES string of the molecule is Nc1n[nH]c([C@@H]2CC[C@H](N)C2)n1. The van der Waals surface area contributed by atoms with E-state index >= 15 is 0 Å². The van der Waals surface area contributed by atoms with Crippen molar-refractivity contribution in [1.29, 1.82) is 0 Å². The molecular formula is C7H13N5. The average molecular weight is 167 g/mol. The minimum absolute atomic E-state index is 0.321.